The molecule has 0 bridgehead atoms. The van der Waals surface area contributed by atoms with Gasteiger partial charge in [-0.05, 0) is 61.1 Å². The molecule has 1 aliphatic carbocycles. The molecule has 2 aromatic carbocycles. The molecule has 2 amide bonds. The van der Waals surface area contributed by atoms with Gasteiger partial charge in [0.1, 0.15) is 0 Å². The van der Waals surface area contributed by atoms with E-state index in [9.17, 15) is 9.59 Å². The third-order valence-corrected chi connectivity index (χ3v) is 6.60. The summed E-state index contributed by atoms with van der Waals surface area (Å²) in [6.07, 6.45) is 3.52. The van der Waals surface area contributed by atoms with Gasteiger partial charge in [-0.3, -0.25) is 9.59 Å². The van der Waals surface area contributed by atoms with Gasteiger partial charge in [-0.2, -0.15) is 4.98 Å². The standard InChI is InChI=1S/C26H28N4O3/c1-15(2)24-28-26(33-29-24)21-9-4-6-16(3)23(21)27-25(32)19-13-22(31)30(14-19)20-11-10-17-7-5-8-18(17)12-20/h4,6,9-12,15,19H,5,7-8,13-14H2,1-3H3,(H,27,32). The molecule has 1 aromatic heterocycles. The lowest BCUT2D eigenvalue weighted by Gasteiger charge is -2.18. The topological polar surface area (TPSA) is 88.3 Å². The first-order chi connectivity index (χ1) is 15.9. The SMILES string of the molecule is Cc1cccc(-c2nc(C(C)C)no2)c1NC(=O)C1CC(=O)N(c2ccc3c(c2)CCC3)C1. The first-order valence-electron chi connectivity index (χ1n) is 11.6. The molecule has 2 heterocycles. The summed E-state index contributed by atoms with van der Waals surface area (Å²) < 4.78 is 5.47. The first kappa shape index (κ1) is 21.4. The molecule has 3 aromatic rings. The Morgan fingerprint density at radius 2 is 2.00 bits per heavy atom. The number of aryl methyl sites for hydroxylation is 3. The molecule has 0 saturated carbocycles. The van der Waals surface area contributed by atoms with Gasteiger partial charge in [-0.1, -0.05) is 37.2 Å². The Kier molecular flexibility index (Phi) is 5.48. The number of benzene rings is 2. The van der Waals surface area contributed by atoms with Crippen molar-refractivity contribution in [3.63, 3.8) is 0 Å². The maximum absolute atomic E-state index is 13.2. The molecule has 5 rings (SSSR count). The van der Waals surface area contributed by atoms with E-state index in [1.54, 1.807) is 4.90 Å². The van der Waals surface area contributed by atoms with E-state index in [1.807, 2.05) is 45.0 Å². The molecule has 1 aliphatic heterocycles. The minimum absolute atomic E-state index is 0.0171. The summed E-state index contributed by atoms with van der Waals surface area (Å²) in [5.74, 6) is 0.519. The van der Waals surface area contributed by atoms with Gasteiger partial charge in [0.2, 0.25) is 11.8 Å². The van der Waals surface area contributed by atoms with Crippen LogP contribution in [-0.2, 0) is 22.4 Å². The predicted octanol–water partition coefficient (Wildman–Crippen LogP) is 4.65. The zero-order valence-electron chi connectivity index (χ0n) is 19.2. The highest BCUT2D eigenvalue weighted by molar-refractivity contribution is 6.04. The fourth-order valence-electron chi connectivity index (χ4n) is 4.67. The summed E-state index contributed by atoms with van der Waals surface area (Å²) >= 11 is 0. The van der Waals surface area contributed by atoms with Crippen molar-refractivity contribution in [1.82, 2.24) is 10.1 Å². The molecule has 1 unspecified atom stereocenters. The van der Waals surface area contributed by atoms with Crippen molar-refractivity contribution in [3.8, 4) is 11.5 Å². The molecule has 2 aliphatic rings. The number of anilines is 2. The van der Waals surface area contributed by atoms with Crippen LogP contribution in [0.3, 0.4) is 0 Å². The van der Waals surface area contributed by atoms with E-state index >= 15 is 0 Å². The highest BCUT2D eigenvalue weighted by atomic mass is 16.5. The average Bonchev–Trinajstić information content (AvgIpc) is 3.53. The molecule has 0 spiro atoms. The van der Waals surface area contributed by atoms with Crippen LogP contribution in [-0.4, -0.2) is 28.5 Å². The number of para-hydroxylation sites is 1. The van der Waals surface area contributed by atoms with Gasteiger partial charge in [0.15, 0.2) is 5.82 Å². The number of fused-ring (bicyclic) bond motifs is 1. The highest BCUT2D eigenvalue weighted by Crippen LogP contribution is 2.33. The molecular formula is C26H28N4O3. The number of nitrogens with zero attached hydrogens (tertiary/aromatic N) is 3. The Hall–Kier alpha value is -3.48. The van der Waals surface area contributed by atoms with E-state index in [-0.39, 0.29) is 24.2 Å². The second-order valence-electron chi connectivity index (χ2n) is 9.31. The van der Waals surface area contributed by atoms with Crippen LogP contribution in [0.25, 0.3) is 11.5 Å². The molecule has 1 saturated heterocycles. The van der Waals surface area contributed by atoms with Crippen molar-refractivity contribution in [1.29, 1.82) is 0 Å². The minimum Gasteiger partial charge on any atom is -0.334 e. The van der Waals surface area contributed by atoms with Crippen molar-refractivity contribution >= 4 is 23.2 Å². The van der Waals surface area contributed by atoms with Gasteiger partial charge < -0.3 is 14.7 Å². The fourth-order valence-corrected chi connectivity index (χ4v) is 4.67. The summed E-state index contributed by atoms with van der Waals surface area (Å²) in [6.45, 7) is 6.30. The normalized spacial score (nSPS) is 17.6. The van der Waals surface area contributed by atoms with E-state index in [0.29, 0.717) is 29.5 Å². The highest BCUT2D eigenvalue weighted by Gasteiger charge is 2.36. The maximum Gasteiger partial charge on any atom is 0.260 e. The molecule has 1 N–H and O–H groups in total. The van der Waals surface area contributed by atoms with E-state index in [1.165, 1.54) is 11.1 Å². The molecule has 33 heavy (non-hydrogen) atoms. The maximum atomic E-state index is 13.2. The smallest absolute Gasteiger partial charge is 0.260 e. The summed E-state index contributed by atoms with van der Waals surface area (Å²) in [7, 11) is 0. The van der Waals surface area contributed by atoms with Crippen LogP contribution in [0.4, 0.5) is 11.4 Å². The molecular weight excluding hydrogens is 416 g/mol. The van der Waals surface area contributed by atoms with Gasteiger partial charge in [-0.25, -0.2) is 0 Å². The fraction of sp³-hybridized carbons (Fsp3) is 0.385. The lowest BCUT2D eigenvalue weighted by atomic mass is 10.0. The van der Waals surface area contributed by atoms with Gasteiger partial charge >= 0.3 is 0 Å². The Bertz CT molecular complexity index is 1230. The lowest BCUT2D eigenvalue weighted by molar-refractivity contribution is -0.122. The summed E-state index contributed by atoms with van der Waals surface area (Å²) in [5, 5.41) is 7.09. The Morgan fingerprint density at radius 1 is 1.18 bits per heavy atom. The number of carbonyl (C=O) groups excluding carboxylic acids is 2. The van der Waals surface area contributed by atoms with Crippen molar-refractivity contribution < 1.29 is 14.1 Å². The van der Waals surface area contributed by atoms with Crippen molar-refractivity contribution in [2.24, 2.45) is 5.92 Å². The zero-order chi connectivity index (χ0) is 23.1. The van der Waals surface area contributed by atoms with Crippen LogP contribution in [0.5, 0.6) is 0 Å². The number of rotatable bonds is 5. The third-order valence-electron chi connectivity index (χ3n) is 6.60. The second-order valence-corrected chi connectivity index (χ2v) is 9.31. The van der Waals surface area contributed by atoms with Crippen LogP contribution in [0.2, 0.25) is 0 Å². The number of hydrogen-bond donors (Lipinski definition) is 1. The molecule has 1 fully saturated rings. The summed E-state index contributed by atoms with van der Waals surface area (Å²) in [5.41, 5.74) is 5.79. The van der Waals surface area contributed by atoms with Crippen LogP contribution in [0.1, 0.15) is 55.1 Å². The number of hydrogen-bond acceptors (Lipinski definition) is 5. The minimum atomic E-state index is -0.424. The Labute approximate surface area is 193 Å². The van der Waals surface area contributed by atoms with Crippen LogP contribution in [0.15, 0.2) is 40.9 Å². The van der Waals surface area contributed by atoms with Crippen molar-refractivity contribution in [2.75, 3.05) is 16.8 Å². The summed E-state index contributed by atoms with van der Waals surface area (Å²) in [4.78, 5) is 32.2. The monoisotopic (exact) mass is 444 g/mol. The number of nitrogens with one attached hydrogen (secondary N) is 1. The number of carbonyl (C=O) groups is 2. The lowest BCUT2D eigenvalue weighted by Crippen LogP contribution is -2.28. The molecule has 7 heteroatoms. The quantitative estimate of drug-likeness (QED) is 0.619. The number of amides is 2. The Balaban J connectivity index is 1.35. The molecule has 170 valence electrons. The molecule has 7 nitrogen and oxygen atoms in total. The average molecular weight is 445 g/mol. The first-order valence-corrected chi connectivity index (χ1v) is 11.6. The predicted molar refractivity (Wildman–Crippen MR) is 126 cm³/mol. The van der Waals surface area contributed by atoms with Gasteiger partial charge in [0, 0.05) is 24.6 Å². The number of aromatic nitrogens is 2. The molecule has 1 atom stereocenters. The van der Waals surface area contributed by atoms with Gasteiger partial charge in [0.05, 0.1) is 17.2 Å². The second kappa shape index (κ2) is 8.46. The zero-order valence-corrected chi connectivity index (χ0v) is 19.2. The van der Waals surface area contributed by atoms with E-state index in [2.05, 4.69) is 27.6 Å². The Morgan fingerprint density at radius 3 is 2.79 bits per heavy atom. The van der Waals surface area contributed by atoms with E-state index < -0.39 is 5.92 Å². The van der Waals surface area contributed by atoms with Gasteiger partial charge in [0.25, 0.3) is 5.89 Å². The van der Waals surface area contributed by atoms with Gasteiger partial charge in [-0.15, -0.1) is 0 Å². The largest absolute Gasteiger partial charge is 0.334 e. The van der Waals surface area contributed by atoms with Crippen LogP contribution in [0, 0.1) is 12.8 Å². The van der Waals surface area contributed by atoms with Crippen molar-refractivity contribution in [3.05, 3.63) is 58.9 Å². The van der Waals surface area contributed by atoms with Crippen molar-refractivity contribution in [2.45, 2.75) is 52.4 Å². The van der Waals surface area contributed by atoms with Crippen LogP contribution >= 0.6 is 0 Å². The van der Waals surface area contributed by atoms with Crippen LogP contribution < -0.4 is 10.2 Å². The van der Waals surface area contributed by atoms with E-state index in [4.69, 9.17) is 4.52 Å². The molecule has 0 radical (unpaired) electrons. The summed E-state index contributed by atoms with van der Waals surface area (Å²) in [6, 6.07) is 11.9. The van der Waals surface area contributed by atoms with E-state index in [0.717, 1.165) is 30.5 Å². The third kappa shape index (κ3) is 4.03.